The maximum atomic E-state index is 5.62. The molecule has 0 aliphatic heterocycles. The smallest absolute Gasteiger partial charge is 0.0465 e. The lowest BCUT2D eigenvalue weighted by Gasteiger charge is -2.23. The van der Waals surface area contributed by atoms with Gasteiger partial charge in [-0.25, -0.2) is 0 Å². The first-order chi connectivity index (χ1) is 8.26. The van der Waals surface area contributed by atoms with Crippen LogP contribution < -0.4 is 11.3 Å². The molecule has 0 fully saturated rings. The van der Waals surface area contributed by atoms with Crippen molar-refractivity contribution in [1.29, 1.82) is 0 Å². The van der Waals surface area contributed by atoms with Crippen LogP contribution in [0.2, 0.25) is 0 Å². The monoisotopic (exact) mass is 244 g/mol. The topological polar surface area (TPSA) is 47.3 Å². The fourth-order valence-corrected chi connectivity index (χ4v) is 2.18. The summed E-state index contributed by atoms with van der Waals surface area (Å²) in [6.07, 6.45) is 10.4. The fourth-order valence-electron chi connectivity index (χ4n) is 2.18. The number of hydrogen-bond donors (Lipinski definition) is 2. The van der Waals surface area contributed by atoms with E-state index in [4.69, 9.17) is 10.6 Å². The summed E-state index contributed by atoms with van der Waals surface area (Å²) >= 11 is 0. The van der Waals surface area contributed by atoms with Gasteiger partial charge in [-0.15, -0.1) is 0 Å². The summed E-state index contributed by atoms with van der Waals surface area (Å²) in [5.41, 5.74) is 2.96. The van der Waals surface area contributed by atoms with Gasteiger partial charge in [-0.2, -0.15) is 0 Å². The molecule has 3 heteroatoms. The Balaban J connectivity index is 3.52. The van der Waals surface area contributed by atoms with Crippen LogP contribution in [-0.2, 0) is 4.74 Å². The molecule has 0 aromatic heterocycles. The molecular weight excluding hydrogens is 212 g/mol. The molecule has 0 rings (SSSR count). The second-order valence-electron chi connectivity index (χ2n) is 5.09. The summed E-state index contributed by atoms with van der Waals surface area (Å²) in [4.78, 5) is 0. The molecule has 0 aliphatic carbocycles. The Hall–Kier alpha value is -0.120. The first-order valence-corrected chi connectivity index (χ1v) is 7.21. The van der Waals surface area contributed by atoms with Crippen LogP contribution in [0.25, 0.3) is 0 Å². The lowest BCUT2D eigenvalue weighted by atomic mass is 9.94. The average molecular weight is 244 g/mol. The van der Waals surface area contributed by atoms with E-state index in [9.17, 15) is 0 Å². The SMILES string of the molecule is CCCCCCCCC(NN)C(C)CCOC. The van der Waals surface area contributed by atoms with Gasteiger partial charge in [0.15, 0.2) is 0 Å². The second kappa shape index (κ2) is 12.3. The van der Waals surface area contributed by atoms with Gasteiger partial charge in [-0.1, -0.05) is 52.4 Å². The van der Waals surface area contributed by atoms with Crippen LogP contribution in [0.3, 0.4) is 0 Å². The molecule has 0 saturated carbocycles. The molecule has 0 amide bonds. The van der Waals surface area contributed by atoms with Crippen molar-refractivity contribution in [3.8, 4) is 0 Å². The molecular formula is C14H32N2O. The molecule has 0 saturated heterocycles. The van der Waals surface area contributed by atoms with Crippen LogP contribution in [0.5, 0.6) is 0 Å². The maximum absolute atomic E-state index is 5.62. The van der Waals surface area contributed by atoms with Gasteiger partial charge in [-0.3, -0.25) is 11.3 Å². The molecule has 0 spiro atoms. The zero-order valence-corrected chi connectivity index (χ0v) is 12.0. The summed E-state index contributed by atoms with van der Waals surface area (Å²) in [6, 6.07) is 0.441. The lowest BCUT2D eigenvalue weighted by molar-refractivity contribution is 0.168. The van der Waals surface area contributed by atoms with Gasteiger partial charge in [0, 0.05) is 19.8 Å². The standard InChI is InChI=1S/C14H32N2O/c1-4-5-6-7-8-9-10-14(16-15)13(2)11-12-17-3/h13-14,16H,4-12,15H2,1-3H3. The van der Waals surface area contributed by atoms with E-state index in [-0.39, 0.29) is 0 Å². The highest BCUT2D eigenvalue weighted by molar-refractivity contribution is 4.71. The van der Waals surface area contributed by atoms with Gasteiger partial charge < -0.3 is 4.74 Å². The Bertz CT molecular complexity index is 153. The predicted octanol–water partition coefficient (Wildman–Crippen LogP) is 3.24. The molecule has 0 bridgehead atoms. The van der Waals surface area contributed by atoms with Crippen molar-refractivity contribution in [2.24, 2.45) is 11.8 Å². The first kappa shape index (κ1) is 16.9. The summed E-state index contributed by atoms with van der Waals surface area (Å²) < 4.78 is 5.11. The van der Waals surface area contributed by atoms with Gasteiger partial charge in [0.2, 0.25) is 0 Å². The van der Waals surface area contributed by atoms with Crippen LogP contribution in [-0.4, -0.2) is 19.8 Å². The van der Waals surface area contributed by atoms with Gasteiger partial charge in [-0.05, 0) is 18.8 Å². The number of ether oxygens (including phenoxy) is 1. The fraction of sp³-hybridized carbons (Fsp3) is 1.00. The molecule has 2 unspecified atom stereocenters. The lowest BCUT2D eigenvalue weighted by Crippen LogP contribution is -2.40. The average Bonchev–Trinajstić information content (AvgIpc) is 2.35. The number of nitrogens with one attached hydrogen (secondary N) is 1. The van der Waals surface area contributed by atoms with Crippen LogP contribution in [0.15, 0.2) is 0 Å². The molecule has 0 radical (unpaired) electrons. The number of hydrazine groups is 1. The van der Waals surface area contributed by atoms with Crippen LogP contribution in [0, 0.1) is 5.92 Å². The highest BCUT2D eigenvalue weighted by atomic mass is 16.5. The quantitative estimate of drug-likeness (QED) is 0.315. The van der Waals surface area contributed by atoms with Crippen LogP contribution >= 0.6 is 0 Å². The van der Waals surface area contributed by atoms with Crippen LogP contribution in [0.4, 0.5) is 0 Å². The molecule has 0 aliphatic rings. The number of nitrogens with two attached hydrogens (primary N) is 1. The Morgan fingerprint density at radius 3 is 2.29 bits per heavy atom. The van der Waals surface area contributed by atoms with Gasteiger partial charge >= 0.3 is 0 Å². The Morgan fingerprint density at radius 2 is 1.71 bits per heavy atom. The van der Waals surface area contributed by atoms with E-state index in [1.165, 1.54) is 44.9 Å². The highest BCUT2D eigenvalue weighted by Crippen LogP contribution is 2.15. The molecule has 3 N–H and O–H groups in total. The molecule has 17 heavy (non-hydrogen) atoms. The summed E-state index contributed by atoms with van der Waals surface area (Å²) in [5, 5.41) is 0. The third-order valence-electron chi connectivity index (χ3n) is 3.55. The number of methoxy groups -OCH3 is 1. The predicted molar refractivity (Wildman–Crippen MR) is 74.8 cm³/mol. The van der Waals surface area contributed by atoms with Gasteiger partial charge in [0.1, 0.15) is 0 Å². The molecule has 0 aromatic rings. The first-order valence-electron chi connectivity index (χ1n) is 7.21. The largest absolute Gasteiger partial charge is 0.385 e. The van der Waals surface area contributed by atoms with Crippen molar-refractivity contribution >= 4 is 0 Å². The number of hydrogen-bond acceptors (Lipinski definition) is 3. The second-order valence-corrected chi connectivity index (χ2v) is 5.09. The number of rotatable bonds is 12. The van der Waals surface area contributed by atoms with Crippen LogP contribution in [0.1, 0.15) is 65.2 Å². The number of unbranched alkanes of at least 4 members (excludes halogenated alkanes) is 5. The zero-order chi connectivity index (χ0) is 12.9. The van der Waals surface area contributed by atoms with E-state index in [2.05, 4.69) is 19.3 Å². The Kier molecular flexibility index (Phi) is 12.3. The third kappa shape index (κ3) is 9.57. The minimum Gasteiger partial charge on any atom is -0.385 e. The molecule has 104 valence electrons. The molecule has 3 nitrogen and oxygen atoms in total. The van der Waals surface area contributed by atoms with E-state index in [0.717, 1.165) is 13.0 Å². The van der Waals surface area contributed by atoms with Crippen molar-refractivity contribution in [2.45, 2.75) is 71.3 Å². The van der Waals surface area contributed by atoms with Crippen molar-refractivity contribution in [3.05, 3.63) is 0 Å². The maximum Gasteiger partial charge on any atom is 0.0465 e. The van der Waals surface area contributed by atoms with Crippen molar-refractivity contribution in [3.63, 3.8) is 0 Å². The van der Waals surface area contributed by atoms with Crippen molar-refractivity contribution in [2.75, 3.05) is 13.7 Å². The minimum absolute atomic E-state index is 0.441. The van der Waals surface area contributed by atoms with Gasteiger partial charge in [0.05, 0.1) is 0 Å². The minimum atomic E-state index is 0.441. The summed E-state index contributed by atoms with van der Waals surface area (Å²) in [6.45, 7) is 5.34. The Labute approximate surface area is 107 Å². The molecule has 2 atom stereocenters. The normalized spacial score (nSPS) is 14.8. The van der Waals surface area contributed by atoms with E-state index in [0.29, 0.717) is 12.0 Å². The third-order valence-corrected chi connectivity index (χ3v) is 3.55. The van der Waals surface area contributed by atoms with Crippen molar-refractivity contribution < 1.29 is 4.74 Å². The molecule has 0 aromatic carbocycles. The highest BCUT2D eigenvalue weighted by Gasteiger charge is 2.14. The van der Waals surface area contributed by atoms with Crippen molar-refractivity contribution in [1.82, 2.24) is 5.43 Å². The Morgan fingerprint density at radius 1 is 1.06 bits per heavy atom. The summed E-state index contributed by atoms with van der Waals surface area (Å²) in [7, 11) is 1.76. The van der Waals surface area contributed by atoms with Gasteiger partial charge in [0.25, 0.3) is 0 Å². The molecule has 0 heterocycles. The van der Waals surface area contributed by atoms with E-state index >= 15 is 0 Å². The van der Waals surface area contributed by atoms with E-state index in [1.807, 2.05) is 0 Å². The van der Waals surface area contributed by atoms with E-state index < -0.39 is 0 Å². The van der Waals surface area contributed by atoms with E-state index in [1.54, 1.807) is 7.11 Å². The zero-order valence-electron chi connectivity index (χ0n) is 12.0. The summed E-state index contributed by atoms with van der Waals surface area (Å²) in [5.74, 6) is 6.21.